The molecule has 0 fully saturated rings. The first-order valence-corrected chi connectivity index (χ1v) is 7.09. The van der Waals surface area contributed by atoms with Crippen LogP contribution in [0.3, 0.4) is 0 Å². The van der Waals surface area contributed by atoms with Crippen LogP contribution < -0.4 is 10.5 Å². The van der Waals surface area contributed by atoms with Crippen LogP contribution in [0, 0.1) is 5.41 Å². The highest BCUT2D eigenvalue weighted by atomic mass is 32.1. The Labute approximate surface area is 121 Å². The molecule has 0 spiro atoms. The Kier molecular flexibility index (Phi) is 3.39. The van der Waals surface area contributed by atoms with Crippen molar-refractivity contribution in [3.05, 3.63) is 65.0 Å². The van der Waals surface area contributed by atoms with Gasteiger partial charge in [-0.05, 0) is 35.2 Å². The number of benzene rings is 2. The lowest BCUT2D eigenvalue weighted by atomic mass is 10.2. The first kappa shape index (κ1) is 12.7. The average Bonchev–Trinajstić information content (AvgIpc) is 2.89. The van der Waals surface area contributed by atoms with Gasteiger partial charge in [0.25, 0.3) is 0 Å². The Balaban J connectivity index is 1.80. The van der Waals surface area contributed by atoms with Gasteiger partial charge in [0, 0.05) is 4.70 Å². The molecule has 0 radical (unpaired) electrons. The van der Waals surface area contributed by atoms with E-state index in [0.717, 1.165) is 26.3 Å². The summed E-state index contributed by atoms with van der Waals surface area (Å²) in [7, 11) is 0. The first-order chi connectivity index (χ1) is 9.72. The third-order valence-electron chi connectivity index (χ3n) is 3.00. The van der Waals surface area contributed by atoms with Crippen LogP contribution in [0.4, 0.5) is 0 Å². The molecule has 20 heavy (non-hydrogen) atoms. The monoisotopic (exact) mass is 282 g/mol. The fourth-order valence-corrected chi connectivity index (χ4v) is 2.89. The van der Waals surface area contributed by atoms with Crippen molar-refractivity contribution in [3.8, 4) is 5.75 Å². The van der Waals surface area contributed by atoms with Gasteiger partial charge in [0.2, 0.25) is 0 Å². The van der Waals surface area contributed by atoms with Crippen LogP contribution >= 0.6 is 11.3 Å². The van der Waals surface area contributed by atoms with Crippen LogP contribution in [-0.2, 0) is 6.61 Å². The van der Waals surface area contributed by atoms with E-state index < -0.39 is 0 Å². The molecule has 4 heteroatoms. The van der Waals surface area contributed by atoms with Gasteiger partial charge < -0.3 is 10.5 Å². The Morgan fingerprint density at radius 2 is 1.90 bits per heavy atom. The zero-order chi connectivity index (χ0) is 13.9. The van der Waals surface area contributed by atoms with Gasteiger partial charge in [-0.2, -0.15) is 0 Å². The second-order valence-corrected chi connectivity index (χ2v) is 5.58. The second kappa shape index (κ2) is 5.35. The highest BCUT2D eigenvalue weighted by molar-refractivity contribution is 7.20. The highest BCUT2D eigenvalue weighted by Crippen LogP contribution is 2.29. The molecule has 0 atom stereocenters. The second-order valence-electron chi connectivity index (χ2n) is 4.50. The lowest BCUT2D eigenvalue weighted by molar-refractivity contribution is 0.306. The summed E-state index contributed by atoms with van der Waals surface area (Å²) in [5.41, 5.74) is 6.65. The molecule has 3 N–H and O–H groups in total. The molecule has 0 aliphatic rings. The maximum absolute atomic E-state index is 7.47. The van der Waals surface area contributed by atoms with Gasteiger partial charge in [0.1, 0.15) is 18.2 Å². The summed E-state index contributed by atoms with van der Waals surface area (Å²) in [6, 6.07) is 17.9. The van der Waals surface area contributed by atoms with Gasteiger partial charge in [-0.1, -0.05) is 30.3 Å². The molecular formula is C16H14N2OS. The molecule has 0 amide bonds. The van der Waals surface area contributed by atoms with Crippen molar-refractivity contribution in [1.29, 1.82) is 5.41 Å². The third-order valence-corrected chi connectivity index (χ3v) is 4.15. The van der Waals surface area contributed by atoms with Crippen LogP contribution in [0.5, 0.6) is 5.75 Å². The molecule has 3 aromatic rings. The molecule has 0 aliphatic heterocycles. The molecule has 0 aliphatic carbocycles. The van der Waals surface area contributed by atoms with E-state index in [0.29, 0.717) is 6.61 Å². The molecule has 1 aromatic heterocycles. The quantitative estimate of drug-likeness (QED) is 0.565. The number of hydrogen-bond acceptors (Lipinski definition) is 3. The molecule has 0 bridgehead atoms. The van der Waals surface area contributed by atoms with Crippen molar-refractivity contribution >= 4 is 27.3 Å². The summed E-state index contributed by atoms with van der Waals surface area (Å²) < 4.78 is 6.90. The Morgan fingerprint density at radius 1 is 1.10 bits per heavy atom. The van der Waals surface area contributed by atoms with E-state index in [1.807, 2.05) is 54.6 Å². The van der Waals surface area contributed by atoms with E-state index in [1.165, 1.54) is 11.3 Å². The first-order valence-electron chi connectivity index (χ1n) is 6.27. The summed E-state index contributed by atoms with van der Waals surface area (Å²) in [6.07, 6.45) is 0. The van der Waals surface area contributed by atoms with Crippen molar-refractivity contribution in [2.24, 2.45) is 5.73 Å². The number of nitrogen functional groups attached to an aromatic ring is 1. The van der Waals surface area contributed by atoms with Crippen LogP contribution in [0.2, 0.25) is 0 Å². The van der Waals surface area contributed by atoms with Gasteiger partial charge in [-0.25, -0.2) is 0 Å². The minimum Gasteiger partial charge on any atom is -0.489 e. The molecular weight excluding hydrogens is 268 g/mol. The van der Waals surface area contributed by atoms with E-state index in [-0.39, 0.29) is 5.84 Å². The summed E-state index contributed by atoms with van der Waals surface area (Å²) in [5, 5.41) is 8.53. The van der Waals surface area contributed by atoms with E-state index in [1.54, 1.807) is 0 Å². The summed E-state index contributed by atoms with van der Waals surface area (Å²) in [6.45, 7) is 0.552. The summed E-state index contributed by atoms with van der Waals surface area (Å²) >= 11 is 1.52. The molecule has 2 aromatic carbocycles. The zero-order valence-electron chi connectivity index (χ0n) is 10.8. The minimum absolute atomic E-state index is 0.109. The van der Waals surface area contributed by atoms with Crippen molar-refractivity contribution in [2.45, 2.75) is 6.61 Å². The van der Waals surface area contributed by atoms with Crippen LogP contribution in [0.15, 0.2) is 54.6 Å². The molecule has 0 saturated carbocycles. The number of ether oxygens (including phenoxy) is 1. The largest absolute Gasteiger partial charge is 0.489 e. The molecule has 0 saturated heterocycles. The zero-order valence-corrected chi connectivity index (χ0v) is 11.6. The molecule has 3 nitrogen and oxygen atoms in total. The molecule has 3 rings (SSSR count). The average molecular weight is 282 g/mol. The Morgan fingerprint density at radius 3 is 2.65 bits per heavy atom. The topological polar surface area (TPSA) is 59.1 Å². The Bertz CT molecular complexity index is 750. The van der Waals surface area contributed by atoms with Crippen molar-refractivity contribution in [2.75, 3.05) is 0 Å². The van der Waals surface area contributed by atoms with Crippen LogP contribution in [0.25, 0.3) is 10.1 Å². The van der Waals surface area contributed by atoms with Crippen molar-refractivity contribution in [3.63, 3.8) is 0 Å². The molecule has 1 heterocycles. The van der Waals surface area contributed by atoms with E-state index >= 15 is 0 Å². The smallest absolute Gasteiger partial charge is 0.133 e. The van der Waals surface area contributed by atoms with Gasteiger partial charge in [-0.15, -0.1) is 11.3 Å². The third kappa shape index (κ3) is 2.65. The fourth-order valence-electron chi connectivity index (χ4n) is 1.98. The minimum atomic E-state index is 0.109. The number of thiophene rings is 1. The summed E-state index contributed by atoms with van der Waals surface area (Å²) in [4.78, 5) is 0.792. The Hall–Kier alpha value is -2.33. The van der Waals surface area contributed by atoms with E-state index in [4.69, 9.17) is 15.9 Å². The van der Waals surface area contributed by atoms with Crippen LogP contribution in [0.1, 0.15) is 10.4 Å². The number of hydrogen-bond donors (Lipinski definition) is 2. The SMILES string of the molecule is N=C(N)c1cc2cc(OCc3ccccc3)ccc2s1. The lowest BCUT2D eigenvalue weighted by Crippen LogP contribution is -2.08. The molecule has 100 valence electrons. The van der Waals surface area contributed by atoms with Gasteiger partial charge >= 0.3 is 0 Å². The number of amidine groups is 1. The van der Waals surface area contributed by atoms with Crippen LogP contribution in [-0.4, -0.2) is 5.84 Å². The van der Waals surface area contributed by atoms with Gasteiger partial charge in [0.15, 0.2) is 0 Å². The lowest BCUT2D eigenvalue weighted by Gasteiger charge is -2.06. The van der Waals surface area contributed by atoms with Crippen molar-refractivity contribution in [1.82, 2.24) is 0 Å². The number of nitrogens with two attached hydrogens (primary N) is 1. The maximum Gasteiger partial charge on any atom is 0.133 e. The van der Waals surface area contributed by atoms with E-state index in [2.05, 4.69) is 0 Å². The number of nitrogens with one attached hydrogen (secondary N) is 1. The predicted octanol–water partition coefficient (Wildman–Crippen LogP) is 3.76. The van der Waals surface area contributed by atoms with Crippen molar-refractivity contribution < 1.29 is 4.74 Å². The highest BCUT2D eigenvalue weighted by Gasteiger charge is 2.05. The standard InChI is InChI=1S/C16H14N2OS/c17-16(18)15-9-12-8-13(6-7-14(12)20-15)19-10-11-4-2-1-3-5-11/h1-9H,10H2,(H3,17,18). The van der Waals surface area contributed by atoms with E-state index in [9.17, 15) is 0 Å². The predicted molar refractivity (Wildman–Crippen MR) is 83.6 cm³/mol. The number of fused-ring (bicyclic) bond motifs is 1. The number of rotatable bonds is 4. The van der Waals surface area contributed by atoms with Gasteiger partial charge in [0.05, 0.1) is 4.88 Å². The summed E-state index contributed by atoms with van der Waals surface area (Å²) in [5.74, 6) is 0.937. The fraction of sp³-hybridized carbons (Fsp3) is 0.0625. The molecule has 0 unspecified atom stereocenters. The normalized spacial score (nSPS) is 10.6. The van der Waals surface area contributed by atoms with Gasteiger partial charge in [-0.3, -0.25) is 5.41 Å². The maximum atomic E-state index is 7.47.